The Morgan fingerprint density at radius 2 is 1.98 bits per heavy atom. The summed E-state index contributed by atoms with van der Waals surface area (Å²) in [6, 6.07) is 7.07. The molecule has 2 aromatic heterocycles. The Hall–Kier alpha value is -3.46. The Morgan fingerprint density at radius 1 is 1.23 bits per heavy atom. The lowest BCUT2D eigenvalue weighted by molar-refractivity contribution is 0.171. The second-order valence-corrected chi connectivity index (χ2v) is 10.9. The van der Waals surface area contributed by atoms with E-state index in [9.17, 15) is 0 Å². The average molecular weight is 550 g/mol. The molecular weight excluding hydrogens is 508 g/mol. The molecule has 1 saturated heterocycles. The number of aryl methyl sites for hydroxylation is 1. The molecule has 0 spiro atoms. The van der Waals surface area contributed by atoms with Gasteiger partial charge < -0.3 is 14.8 Å². The van der Waals surface area contributed by atoms with E-state index in [1.165, 1.54) is 50.5 Å². The van der Waals surface area contributed by atoms with Crippen LogP contribution in [0.25, 0.3) is 11.0 Å². The minimum Gasteiger partial charge on any atom is -0.351 e. The summed E-state index contributed by atoms with van der Waals surface area (Å²) in [5.41, 5.74) is 2.34. The van der Waals surface area contributed by atoms with E-state index in [1.807, 2.05) is 37.6 Å². The van der Waals surface area contributed by atoms with Crippen LogP contribution < -0.4 is 5.32 Å². The summed E-state index contributed by atoms with van der Waals surface area (Å²) in [7, 11) is 0. The van der Waals surface area contributed by atoms with Crippen LogP contribution in [0.1, 0.15) is 75.9 Å². The fraction of sp³-hybridized carbons (Fsp3) is 0.484. The molecule has 1 atom stereocenters. The number of rotatable bonds is 11. The molecule has 214 valence electrons. The molecule has 1 aliphatic rings. The van der Waals surface area contributed by atoms with Crippen LogP contribution in [0.4, 0.5) is 14.6 Å². The quantitative estimate of drug-likeness (QED) is 0.260. The maximum absolute atomic E-state index is 15.1. The summed E-state index contributed by atoms with van der Waals surface area (Å²) < 4.78 is 32.0. The van der Waals surface area contributed by atoms with E-state index >= 15 is 8.78 Å². The van der Waals surface area contributed by atoms with Crippen LogP contribution in [0.2, 0.25) is 0 Å². The summed E-state index contributed by atoms with van der Waals surface area (Å²) >= 11 is 0. The summed E-state index contributed by atoms with van der Waals surface area (Å²) in [4.78, 5) is 19.5. The van der Waals surface area contributed by atoms with E-state index in [0.29, 0.717) is 34.6 Å². The highest BCUT2D eigenvalue weighted by Gasteiger charge is 2.25. The molecule has 3 heterocycles. The normalized spacial score (nSPS) is 16.6. The average Bonchev–Trinajstić information content (AvgIpc) is 3.28. The van der Waals surface area contributed by atoms with E-state index in [0.717, 1.165) is 6.20 Å². The monoisotopic (exact) mass is 549 g/mol. The molecule has 1 aromatic carbocycles. The van der Waals surface area contributed by atoms with Crippen LogP contribution >= 0.6 is 0 Å². The Bertz CT molecular complexity index is 1370. The fourth-order valence-corrected chi connectivity index (χ4v) is 5.75. The van der Waals surface area contributed by atoms with Crippen molar-refractivity contribution in [2.45, 2.75) is 65.8 Å². The van der Waals surface area contributed by atoms with Gasteiger partial charge in [0.15, 0.2) is 11.6 Å². The van der Waals surface area contributed by atoms with Crippen LogP contribution in [0.15, 0.2) is 52.5 Å². The number of aromatic nitrogens is 3. The van der Waals surface area contributed by atoms with Crippen LogP contribution in [-0.2, 0) is 0 Å². The summed E-state index contributed by atoms with van der Waals surface area (Å²) in [6.45, 7) is 17.2. The van der Waals surface area contributed by atoms with Gasteiger partial charge in [-0.15, -0.1) is 0 Å². The first-order valence-corrected chi connectivity index (χ1v) is 14.2. The number of nitrogens with one attached hydrogen (secondary N) is 1. The first-order valence-electron chi connectivity index (χ1n) is 14.2. The van der Waals surface area contributed by atoms with Gasteiger partial charge in [-0.3, -0.25) is 9.98 Å². The molecule has 0 saturated carbocycles. The number of likely N-dealkylation sites (tertiary alicyclic amines) is 1. The summed E-state index contributed by atoms with van der Waals surface area (Å²) in [5.74, 6) is 1.19. The van der Waals surface area contributed by atoms with Crippen molar-refractivity contribution in [3.8, 4) is 0 Å². The predicted octanol–water partition coefficient (Wildman–Crippen LogP) is 7.06. The molecule has 0 bridgehead atoms. The third-order valence-electron chi connectivity index (χ3n) is 7.83. The third-order valence-corrected chi connectivity index (χ3v) is 7.83. The lowest BCUT2D eigenvalue weighted by Gasteiger charge is -2.34. The van der Waals surface area contributed by atoms with Crippen molar-refractivity contribution in [1.29, 1.82) is 0 Å². The third kappa shape index (κ3) is 6.63. The van der Waals surface area contributed by atoms with E-state index in [1.54, 1.807) is 6.07 Å². The van der Waals surface area contributed by atoms with Gasteiger partial charge in [-0.1, -0.05) is 19.9 Å². The molecule has 0 aliphatic carbocycles. The van der Waals surface area contributed by atoms with E-state index < -0.39 is 11.6 Å². The fourth-order valence-electron chi connectivity index (χ4n) is 5.75. The second-order valence-electron chi connectivity index (χ2n) is 10.9. The molecule has 1 unspecified atom stereocenters. The Labute approximate surface area is 236 Å². The molecule has 40 heavy (non-hydrogen) atoms. The van der Waals surface area contributed by atoms with Gasteiger partial charge in [0.1, 0.15) is 29.5 Å². The number of allylic oxidation sites excluding steroid dienone is 1. The molecular formula is C31H41F2N7. The Morgan fingerprint density at radius 3 is 2.60 bits per heavy atom. The lowest BCUT2D eigenvalue weighted by atomic mass is 9.82. The number of aliphatic imine (C=N–C) groups is 2. The van der Waals surface area contributed by atoms with Gasteiger partial charge in [-0.05, 0) is 102 Å². The van der Waals surface area contributed by atoms with Crippen molar-refractivity contribution < 1.29 is 8.78 Å². The van der Waals surface area contributed by atoms with Crippen LogP contribution in [-0.4, -0.2) is 58.2 Å². The van der Waals surface area contributed by atoms with Crippen molar-refractivity contribution in [3.63, 3.8) is 0 Å². The maximum atomic E-state index is 15.1. The van der Waals surface area contributed by atoms with Crippen LogP contribution in [0.3, 0.4) is 0 Å². The standard InChI is InChI=1S/C31H41F2N7/c1-7-12-39-13-10-23(11-14-39)21(4)24-8-9-29(35-17-24)36-19-37-30(27(33)18-34-6)25-15-26(32)31-28(16-25)40(20(2)3)22(5)38-31/h8-9,15-18,20-21,23H,6-7,10-14,19H2,1-5H3,(H,35,36)/b27-18+,37-30?. The van der Waals surface area contributed by atoms with Crippen molar-refractivity contribution in [2.24, 2.45) is 15.9 Å². The second kappa shape index (κ2) is 13.3. The lowest BCUT2D eigenvalue weighted by Crippen LogP contribution is -2.35. The highest BCUT2D eigenvalue weighted by Crippen LogP contribution is 2.32. The molecule has 9 heteroatoms. The molecule has 0 amide bonds. The molecule has 4 rings (SSSR count). The SMILES string of the molecule is C=N/C=C(/F)C(=NCNc1ccc(C(C)C2CCN(CCC)CC2)cn1)c1cc(F)c2nc(C)n(C(C)C)c2c1. The van der Waals surface area contributed by atoms with Crippen LogP contribution in [0.5, 0.6) is 0 Å². The maximum Gasteiger partial charge on any atom is 0.167 e. The largest absolute Gasteiger partial charge is 0.351 e. The predicted molar refractivity (Wildman–Crippen MR) is 161 cm³/mol. The topological polar surface area (TPSA) is 70.7 Å². The molecule has 3 aromatic rings. The first-order chi connectivity index (χ1) is 19.2. The molecule has 1 aliphatic heterocycles. The van der Waals surface area contributed by atoms with Crippen molar-refractivity contribution in [1.82, 2.24) is 19.4 Å². The molecule has 7 nitrogen and oxygen atoms in total. The number of hydrogen-bond acceptors (Lipinski definition) is 6. The zero-order chi connectivity index (χ0) is 28.8. The number of anilines is 1. The number of imidazole rings is 1. The number of nitrogens with zero attached hydrogens (tertiary/aromatic N) is 6. The number of halogens is 2. The van der Waals surface area contributed by atoms with Gasteiger partial charge in [0.2, 0.25) is 0 Å². The van der Waals surface area contributed by atoms with E-state index in [2.05, 4.69) is 56.8 Å². The zero-order valence-electron chi connectivity index (χ0n) is 24.3. The van der Waals surface area contributed by atoms with Gasteiger partial charge in [0.05, 0.1) is 11.7 Å². The van der Waals surface area contributed by atoms with E-state index in [4.69, 9.17) is 0 Å². The molecule has 1 fully saturated rings. The van der Waals surface area contributed by atoms with Crippen molar-refractivity contribution in [2.75, 3.05) is 31.6 Å². The summed E-state index contributed by atoms with van der Waals surface area (Å²) in [6.07, 6.45) is 6.51. The Kier molecular flexibility index (Phi) is 9.79. The van der Waals surface area contributed by atoms with Gasteiger partial charge in [-0.25, -0.2) is 18.7 Å². The first kappa shape index (κ1) is 29.5. The van der Waals surface area contributed by atoms with E-state index in [-0.39, 0.29) is 23.9 Å². The minimum absolute atomic E-state index is 0.0190. The number of hydrogen-bond donors (Lipinski definition) is 1. The Balaban J connectivity index is 1.49. The number of fused-ring (bicyclic) bond motifs is 1. The smallest absolute Gasteiger partial charge is 0.167 e. The zero-order valence-corrected chi connectivity index (χ0v) is 24.3. The van der Waals surface area contributed by atoms with Crippen molar-refractivity contribution >= 4 is 29.3 Å². The molecule has 1 N–H and O–H groups in total. The highest BCUT2D eigenvalue weighted by atomic mass is 19.1. The van der Waals surface area contributed by atoms with Crippen molar-refractivity contribution in [3.05, 3.63) is 65.3 Å². The van der Waals surface area contributed by atoms with Crippen LogP contribution in [0, 0.1) is 18.7 Å². The van der Waals surface area contributed by atoms with Gasteiger partial charge in [0, 0.05) is 17.8 Å². The minimum atomic E-state index is -0.704. The number of benzene rings is 1. The van der Waals surface area contributed by atoms with Gasteiger partial charge in [0.25, 0.3) is 0 Å². The summed E-state index contributed by atoms with van der Waals surface area (Å²) in [5, 5.41) is 3.14. The molecule has 0 radical (unpaired) electrons. The number of pyridine rings is 1. The van der Waals surface area contributed by atoms with Gasteiger partial charge >= 0.3 is 0 Å². The highest BCUT2D eigenvalue weighted by molar-refractivity contribution is 6.12. The van der Waals surface area contributed by atoms with Gasteiger partial charge in [-0.2, -0.15) is 0 Å². The number of piperidine rings is 1.